The van der Waals surface area contributed by atoms with E-state index < -0.39 is 0 Å². The van der Waals surface area contributed by atoms with Crippen LogP contribution in [0.4, 0.5) is 0 Å². The van der Waals surface area contributed by atoms with Gasteiger partial charge in [-0.05, 0) is 32.9 Å². The largest absolute Gasteiger partial charge is 0.459 e. The van der Waals surface area contributed by atoms with Gasteiger partial charge in [0.25, 0.3) is 0 Å². The van der Waals surface area contributed by atoms with Crippen molar-refractivity contribution >= 4 is 5.97 Å². The molecular formula is C11H14O2. The highest BCUT2D eigenvalue weighted by Gasteiger charge is 2.07. The van der Waals surface area contributed by atoms with Gasteiger partial charge in [-0.25, -0.2) is 4.79 Å². The Morgan fingerprint density at radius 3 is 2.23 bits per heavy atom. The SMILES string of the molecule is Cc1ccc(C(=O)OC(C)C)cc1. The molecule has 0 amide bonds. The molecule has 0 spiro atoms. The van der Waals surface area contributed by atoms with Crippen molar-refractivity contribution in [2.45, 2.75) is 26.9 Å². The van der Waals surface area contributed by atoms with E-state index in [1.165, 1.54) is 0 Å². The summed E-state index contributed by atoms with van der Waals surface area (Å²) in [4.78, 5) is 11.3. The molecule has 0 heterocycles. The van der Waals surface area contributed by atoms with E-state index in [4.69, 9.17) is 4.74 Å². The van der Waals surface area contributed by atoms with Crippen LogP contribution in [0.25, 0.3) is 0 Å². The minimum atomic E-state index is -0.255. The molecule has 2 nitrogen and oxygen atoms in total. The van der Waals surface area contributed by atoms with Gasteiger partial charge in [-0.1, -0.05) is 17.7 Å². The predicted molar refractivity (Wildman–Crippen MR) is 51.7 cm³/mol. The Kier molecular flexibility index (Phi) is 3.07. The van der Waals surface area contributed by atoms with Crippen LogP contribution in [-0.4, -0.2) is 12.1 Å². The van der Waals surface area contributed by atoms with Gasteiger partial charge in [-0.2, -0.15) is 0 Å². The van der Waals surface area contributed by atoms with Crippen molar-refractivity contribution in [3.05, 3.63) is 35.4 Å². The van der Waals surface area contributed by atoms with E-state index in [2.05, 4.69) is 0 Å². The number of ether oxygens (including phenoxy) is 1. The summed E-state index contributed by atoms with van der Waals surface area (Å²) in [6.45, 7) is 5.66. The molecule has 0 saturated carbocycles. The highest BCUT2D eigenvalue weighted by molar-refractivity contribution is 5.89. The first-order valence-electron chi connectivity index (χ1n) is 4.37. The van der Waals surface area contributed by atoms with Crippen LogP contribution in [0.1, 0.15) is 29.8 Å². The highest BCUT2D eigenvalue weighted by Crippen LogP contribution is 2.05. The van der Waals surface area contributed by atoms with Gasteiger partial charge in [0.15, 0.2) is 0 Å². The van der Waals surface area contributed by atoms with Crippen LogP contribution in [0.3, 0.4) is 0 Å². The molecule has 0 aliphatic rings. The van der Waals surface area contributed by atoms with Crippen LogP contribution in [-0.2, 0) is 4.74 Å². The molecule has 0 unspecified atom stereocenters. The molecular weight excluding hydrogens is 164 g/mol. The fraction of sp³-hybridized carbons (Fsp3) is 0.364. The maximum atomic E-state index is 11.3. The average molecular weight is 178 g/mol. The van der Waals surface area contributed by atoms with Gasteiger partial charge >= 0.3 is 5.97 Å². The minimum Gasteiger partial charge on any atom is -0.459 e. The van der Waals surface area contributed by atoms with Gasteiger partial charge in [0.05, 0.1) is 11.7 Å². The third kappa shape index (κ3) is 2.90. The van der Waals surface area contributed by atoms with Gasteiger partial charge < -0.3 is 4.74 Å². The zero-order valence-electron chi connectivity index (χ0n) is 8.20. The normalized spacial score (nSPS) is 10.2. The number of carbonyl (C=O) groups excluding carboxylic acids is 1. The molecule has 70 valence electrons. The van der Waals surface area contributed by atoms with Crippen molar-refractivity contribution in [3.63, 3.8) is 0 Å². The molecule has 0 N–H and O–H groups in total. The number of aryl methyl sites for hydroxylation is 1. The average Bonchev–Trinajstić information content (AvgIpc) is 2.04. The van der Waals surface area contributed by atoms with E-state index >= 15 is 0 Å². The lowest BCUT2D eigenvalue weighted by Crippen LogP contribution is -2.11. The number of esters is 1. The molecule has 0 fully saturated rings. The number of hydrogen-bond donors (Lipinski definition) is 0. The van der Waals surface area contributed by atoms with Crippen molar-refractivity contribution in [3.8, 4) is 0 Å². The maximum Gasteiger partial charge on any atom is 0.338 e. The summed E-state index contributed by atoms with van der Waals surface area (Å²) in [5.41, 5.74) is 1.75. The van der Waals surface area contributed by atoms with Crippen molar-refractivity contribution in [1.29, 1.82) is 0 Å². The lowest BCUT2D eigenvalue weighted by molar-refractivity contribution is 0.0378. The Morgan fingerprint density at radius 1 is 1.23 bits per heavy atom. The molecule has 1 rings (SSSR count). The Hall–Kier alpha value is -1.31. The fourth-order valence-corrected chi connectivity index (χ4v) is 0.972. The van der Waals surface area contributed by atoms with Gasteiger partial charge in [0.1, 0.15) is 0 Å². The second-order valence-electron chi connectivity index (χ2n) is 3.32. The molecule has 0 aromatic heterocycles. The third-order valence-corrected chi connectivity index (χ3v) is 1.63. The van der Waals surface area contributed by atoms with Crippen molar-refractivity contribution < 1.29 is 9.53 Å². The first-order chi connectivity index (χ1) is 6.09. The second-order valence-corrected chi connectivity index (χ2v) is 3.32. The minimum absolute atomic E-state index is 0.0613. The summed E-state index contributed by atoms with van der Waals surface area (Å²) in [5, 5.41) is 0. The molecule has 2 heteroatoms. The van der Waals surface area contributed by atoms with E-state index in [0.29, 0.717) is 5.56 Å². The van der Waals surface area contributed by atoms with Crippen molar-refractivity contribution in [1.82, 2.24) is 0 Å². The van der Waals surface area contributed by atoms with Gasteiger partial charge in [0.2, 0.25) is 0 Å². The van der Waals surface area contributed by atoms with E-state index in [1.54, 1.807) is 12.1 Å². The van der Waals surface area contributed by atoms with Crippen LogP contribution < -0.4 is 0 Å². The molecule has 0 radical (unpaired) electrons. The lowest BCUT2D eigenvalue weighted by atomic mass is 10.1. The quantitative estimate of drug-likeness (QED) is 0.650. The van der Waals surface area contributed by atoms with Crippen molar-refractivity contribution in [2.24, 2.45) is 0 Å². The first kappa shape index (κ1) is 9.78. The Morgan fingerprint density at radius 2 is 1.77 bits per heavy atom. The van der Waals surface area contributed by atoms with Crippen LogP contribution in [0.15, 0.2) is 24.3 Å². The Labute approximate surface area is 78.5 Å². The summed E-state index contributed by atoms with van der Waals surface area (Å²) in [6, 6.07) is 7.36. The van der Waals surface area contributed by atoms with Gasteiger partial charge in [0, 0.05) is 0 Å². The molecule has 1 aromatic carbocycles. The van der Waals surface area contributed by atoms with E-state index in [1.807, 2.05) is 32.9 Å². The molecule has 0 aliphatic carbocycles. The van der Waals surface area contributed by atoms with Crippen molar-refractivity contribution in [2.75, 3.05) is 0 Å². The van der Waals surface area contributed by atoms with E-state index in [-0.39, 0.29) is 12.1 Å². The third-order valence-electron chi connectivity index (χ3n) is 1.63. The number of rotatable bonds is 2. The summed E-state index contributed by atoms with van der Waals surface area (Å²) >= 11 is 0. The molecule has 0 bridgehead atoms. The molecule has 0 saturated heterocycles. The highest BCUT2D eigenvalue weighted by atomic mass is 16.5. The summed E-state index contributed by atoms with van der Waals surface area (Å²) < 4.78 is 5.04. The standard InChI is InChI=1S/C11H14O2/c1-8(2)13-11(12)10-6-4-9(3)5-7-10/h4-8H,1-3H3. The van der Waals surface area contributed by atoms with Gasteiger partial charge in [-0.15, -0.1) is 0 Å². The molecule has 1 aromatic rings. The van der Waals surface area contributed by atoms with Crippen LogP contribution in [0.5, 0.6) is 0 Å². The Balaban J connectivity index is 2.72. The van der Waals surface area contributed by atoms with E-state index in [9.17, 15) is 4.79 Å². The second kappa shape index (κ2) is 4.08. The molecule has 0 atom stereocenters. The number of benzene rings is 1. The summed E-state index contributed by atoms with van der Waals surface area (Å²) in [6.07, 6.45) is -0.0613. The Bertz CT molecular complexity index is 285. The lowest BCUT2D eigenvalue weighted by Gasteiger charge is -2.07. The smallest absolute Gasteiger partial charge is 0.338 e. The number of hydrogen-bond acceptors (Lipinski definition) is 2. The predicted octanol–water partition coefficient (Wildman–Crippen LogP) is 2.56. The number of carbonyl (C=O) groups is 1. The monoisotopic (exact) mass is 178 g/mol. The van der Waals surface area contributed by atoms with E-state index in [0.717, 1.165) is 5.56 Å². The van der Waals surface area contributed by atoms with Gasteiger partial charge in [-0.3, -0.25) is 0 Å². The van der Waals surface area contributed by atoms with Crippen LogP contribution >= 0.6 is 0 Å². The maximum absolute atomic E-state index is 11.3. The molecule has 0 aliphatic heterocycles. The van der Waals surface area contributed by atoms with Crippen LogP contribution in [0.2, 0.25) is 0 Å². The zero-order valence-corrected chi connectivity index (χ0v) is 8.20. The first-order valence-corrected chi connectivity index (χ1v) is 4.37. The summed E-state index contributed by atoms with van der Waals surface area (Å²) in [5.74, 6) is -0.255. The fourth-order valence-electron chi connectivity index (χ4n) is 0.972. The zero-order chi connectivity index (χ0) is 9.84. The topological polar surface area (TPSA) is 26.3 Å². The van der Waals surface area contributed by atoms with Crippen LogP contribution in [0, 0.1) is 6.92 Å². The molecule has 13 heavy (non-hydrogen) atoms. The summed E-state index contributed by atoms with van der Waals surface area (Å²) in [7, 11) is 0.